The number of benzene rings is 1. The number of nitrogens with zero attached hydrogens (tertiary/aromatic N) is 2. The number of methoxy groups -OCH3 is 2. The zero-order valence-corrected chi connectivity index (χ0v) is 15.9. The molecule has 0 spiro atoms. The summed E-state index contributed by atoms with van der Waals surface area (Å²) in [6.07, 6.45) is 2.24. The van der Waals surface area contributed by atoms with E-state index < -0.39 is 12.1 Å². The lowest BCUT2D eigenvalue weighted by Crippen LogP contribution is -2.06. The Morgan fingerprint density at radius 2 is 2.04 bits per heavy atom. The number of ether oxygens (including phenoxy) is 3. The molecule has 140 valence electrons. The van der Waals surface area contributed by atoms with E-state index in [4.69, 9.17) is 18.6 Å². The molecule has 0 amide bonds. The quantitative estimate of drug-likeness (QED) is 0.446. The topological polar surface area (TPSA) is 83.7 Å². The predicted octanol–water partition coefficient (Wildman–Crippen LogP) is 4.13. The first-order valence-electron chi connectivity index (χ1n) is 8.09. The molecule has 0 unspecified atom stereocenters. The van der Waals surface area contributed by atoms with Crippen molar-refractivity contribution in [3.63, 3.8) is 0 Å². The van der Waals surface area contributed by atoms with E-state index in [1.54, 1.807) is 38.3 Å². The maximum atomic E-state index is 12.1. The second-order valence-electron chi connectivity index (χ2n) is 5.42. The van der Waals surface area contributed by atoms with Crippen molar-refractivity contribution in [2.75, 3.05) is 14.2 Å². The van der Waals surface area contributed by atoms with Gasteiger partial charge in [0, 0.05) is 11.6 Å². The first-order chi connectivity index (χ1) is 13.1. The van der Waals surface area contributed by atoms with E-state index in [9.17, 15) is 4.79 Å². The van der Waals surface area contributed by atoms with Crippen LogP contribution < -0.4 is 9.47 Å². The number of carbonyl (C=O) groups excluding carboxylic acids is 1. The molecule has 27 heavy (non-hydrogen) atoms. The zero-order valence-electron chi connectivity index (χ0n) is 15.0. The van der Waals surface area contributed by atoms with Gasteiger partial charge in [-0.15, -0.1) is 21.5 Å². The smallest absolute Gasteiger partial charge is 0.331 e. The van der Waals surface area contributed by atoms with E-state index in [1.807, 2.05) is 17.5 Å². The standard InChI is InChI=1S/C19H18N2O5S/c1-12(18-20-21-19(26-18)15-8-5-11-27-15)25-16(22)10-9-13-6-4-7-14(23-2)17(13)24-3/h4-12H,1-3H3/b10-9+/t12-/m1/s1. The molecule has 0 aliphatic rings. The van der Waals surface area contributed by atoms with Crippen molar-refractivity contribution in [1.82, 2.24) is 10.2 Å². The Kier molecular flexibility index (Phi) is 5.87. The molecule has 0 bridgehead atoms. The lowest BCUT2D eigenvalue weighted by atomic mass is 10.1. The fourth-order valence-corrected chi connectivity index (χ4v) is 3.01. The van der Waals surface area contributed by atoms with Crippen LogP contribution in [0.3, 0.4) is 0 Å². The Morgan fingerprint density at radius 3 is 2.74 bits per heavy atom. The van der Waals surface area contributed by atoms with Crippen LogP contribution in [0.25, 0.3) is 16.8 Å². The van der Waals surface area contributed by atoms with Crippen LogP contribution in [0.2, 0.25) is 0 Å². The molecule has 2 aromatic heterocycles. The van der Waals surface area contributed by atoms with Gasteiger partial charge in [0.1, 0.15) is 0 Å². The molecular formula is C19H18N2O5S. The predicted molar refractivity (Wildman–Crippen MR) is 101 cm³/mol. The van der Waals surface area contributed by atoms with Crippen molar-refractivity contribution in [1.29, 1.82) is 0 Å². The van der Waals surface area contributed by atoms with Gasteiger partial charge in [0.2, 0.25) is 0 Å². The molecule has 1 atom stereocenters. The lowest BCUT2D eigenvalue weighted by Gasteiger charge is -2.10. The van der Waals surface area contributed by atoms with Crippen LogP contribution in [0, 0.1) is 0 Å². The number of aromatic nitrogens is 2. The van der Waals surface area contributed by atoms with Crippen LogP contribution >= 0.6 is 11.3 Å². The summed E-state index contributed by atoms with van der Waals surface area (Å²) in [4.78, 5) is 13.0. The van der Waals surface area contributed by atoms with Crippen molar-refractivity contribution < 1.29 is 23.4 Å². The van der Waals surface area contributed by atoms with Gasteiger partial charge < -0.3 is 18.6 Å². The normalized spacial score (nSPS) is 12.1. The summed E-state index contributed by atoms with van der Waals surface area (Å²) in [7, 11) is 3.09. The second kappa shape index (κ2) is 8.50. The third-order valence-corrected chi connectivity index (χ3v) is 4.50. The Balaban J connectivity index is 1.66. The molecule has 7 nitrogen and oxygen atoms in total. The van der Waals surface area contributed by atoms with Crippen molar-refractivity contribution in [2.45, 2.75) is 13.0 Å². The zero-order chi connectivity index (χ0) is 19.2. The monoisotopic (exact) mass is 386 g/mol. The van der Waals surface area contributed by atoms with Crippen molar-refractivity contribution in [3.05, 3.63) is 53.2 Å². The fourth-order valence-electron chi connectivity index (χ4n) is 2.36. The van der Waals surface area contributed by atoms with E-state index in [1.165, 1.54) is 24.5 Å². The van der Waals surface area contributed by atoms with E-state index in [2.05, 4.69) is 10.2 Å². The maximum absolute atomic E-state index is 12.1. The van der Waals surface area contributed by atoms with Gasteiger partial charge in [0.15, 0.2) is 17.6 Å². The lowest BCUT2D eigenvalue weighted by molar-refractivity contribution is -0.143. The summed E-state index contributed by atoms with van der Waals surface area (Å²) < 4.78 is 21.5. The molecule has 0 fully saturated rings. The molecule has 0 saturated carbocycles. The Hall–Kier alpha value is -3.13. The molecular weight excluding hydrogens is 368 g/mol. The third kappa shape index (κ3) is 4.35. The Bertz CT molecular complexity index is 933. The minimum Gasteiger partial charge on any atom is -0.493 e. The number of hydrogen-bond donors (Lipinski definition) is 0. The van der Waals surface area contributed by atoms with Crippen LogP contribution in [-0.4, -0.2) is 30.4 Å². The van der Waals surface area contributed by atoms with E-state index in [0.29, 0.717) is 23.0 Å². The minimum atomic E-state index is -0.671. The molecule has 0 aliphatic heterocycles. The summed E-state index contributed by atoms with van der Waals surface area (Å²) in [6.45, 7) is 1.67. The van der Waals surface area contributed by atoms with Crippen LogP contribution in [-0.2, 0) is 9.53 Å². The van der Waals surface area contributed by atoms with Crippen LogP contribution in [0.15, 0.2) is 46.2 Å². The van der Waals surface area contributed by atoms with Gasteiger partial charge >= 0.3 is 5.97 Å². The molecule has 8 heteroatoms. The van der Waals surface area contributed by atoms with Gasteiger partial charge in [-0.3, -0.25) is 0 Å². The first kappa shape index (κ1) is 18.7. The summed E-state index contributed by atoms with van der Waals surface area (Å²) in [6, 6.07) is 9.16. The SMILES string of the molecule is COc1cccc(/C=C/C(=O)O[C@H](C)c2nnc(-c3cccs3)o2)c1OC. The summed E-state index contributed by atoms with van der Waals surface area (Å²) >= 11 is 1.49. The van der Waals surface area contributed by atoms with Crippen LogP contribution in [0.4, 0.5) is 0 Å². The number of thiophene rings is 1. The number of para-hydroxylation sites is 1. The largest absolute Gasteiger partial charge is 0.493 e. The van der Waals surface area contributed by atoms with Gasteiger partial charge in [-0.2, -0.15) is 0 Å². The second-order valence-corrected chi connectivity index (χ2v) is 6.37. The van der Waals surface area contributed by atoms with Crippen LogP contribution in [0.1, 0.15) is 24.5 Å². The van der Waals surface area contributed by atoms with Gasteiger partial charge in [-0.05, 0) is 30.5 Å². The van der Waals surface area contributed by atoms with Crippen molar-refractivity contribution in [2.24, 2.45) is 0 Å². The Morgan fingerprint density at radius 1 is 1.19 bits per heavy atom. The fraction of sp³-hybridized carbons (Fsp3) is 0.211. The Labute approximate surface area is 160 Å². The average molecular weight is 386 g/mol. The highest BCUT2D eigenvalue weighted by Gasteiger charge is 2.18. The van der Waals surface area contributed by atoms with E-state index in [0.717, 1.165) is 4.88 Å². The highest BCUT2D eigenvalue weighted by molar-refractivity contribution is 7.13. The molecule has 3 aromatic rings. The summed E-state index contributed by atoms with van der Waals surface area (Å²) in [5.74, 6) is 1.21. The third-order valence-electron chi connectivity index (χ3n) is 3.65. The van der Waals surface area contributed by atoms with E-state index in [-0.39, 0.29) is 5.89 Å². The number of carbonyl (C=O) groups is 1. The molecule has 0 radical (unpaired) electrons. The highest BCUT2D eigenvalue weighted by atomic mass is 32.1. The van der Waals surface area contributed by atoms with Gasteiger partial charge in [0.05, 0.1) is 19.1 Å². The van der Waals surface area contributed by atoms with Crippen molar-refractivity contribution >= 4 is 23.4 Å². The summed E-state index contributed by atoms with van der Waals surface area (Å²) in [5, 5.41) is 9.84. The van der Waals surface area contributed by atoms with Gasteiger partial charge in [0.25, 0.3) is 11.8 Å². The van der Waals surface area contributed by atoms with Crippen LogP contribution in [0.5, 0.6) is 11.5 Å². The highest BCUT2D eigenvalue weighted by Crippen LogP contribution is 2.31. The summed E-state index contributed by atoms with van der Waals surface area (Å²) in [5.41, 5.74) is 0.694. The molecule has 0 N–H and O–H groups in total. The molecule has 3 rings (SSSR count). The van der Waals surface area contributed by atoms with E-state index >= 15 is 0 Å². The molecule has 0 aliphatic carbocycles. The maximum Gasteiger partial charge on any atom is 0.331 e. The van der Waals surface area contributed by atoms with Crippen molar-refractivity contribution in [3.8, 4) is 22.3 Å². The number of esters is 1. The first-order valence-corrected chi connectivity index (χ1v) is 8.97. The number of rotatable bonds is 7. The van der Waals surface area contributed by atoms with Gasteiger partial charge in [-0.1, -0.05) is 18.2 Å². The molecule has 2 heterocycles. The molecule has 0 saturated heterocycles. The van der Waals surface area contributed by atoms with Gasteiger partial charge in [-0.25, -0.2) is 4.79 Å². The number of hydrogen-bond acceptors (Lipinski definition) is 8. The molecule has 1 aromatic carbocycles. The minimum absolute atomic E-state index is 0.235. The average Bonchev–Trinajstić information content (AvgIpc) is 3.37.